The van der Waals surface area contributed by atoms with E-state index >= 15 is 0 Å². The van der Waals surface area contributed by atoms with Gasteiger partial charge in [-0.1, -0.05) is 13.8 Å². The molecule has 29 heavy (non-hydrogen) atoms. The SMILES string of the molecule is Cc1ncnc(C)c1C(=O)N1CCC2(CC1)C(=O)N(CCO)C(=O)N2CC(C)C. The first kappa shape index (κ1) is 21.2. The molecule has 9 heteroatoms. The number of nitrogens with zero attached hydrogens (tertiary/aromatic N) is 5. The summed E-state index contributed by atoms with van der Waals surface area (Å²) in [5, 5.41) is 9.28. The Morgan fingerprint density at radius 2 is 1.76 bits per heavy atom. The zero-order chi connectivity index (χ0) is 21.3. The average molecular weight is 403 g/mol. The first-order valence-electron chi connectivity index (χ1n) is 10.0. The van der Waals surface area contributed by atoms with Crippen molar-refractivity contribution < 1.29 is 19.5 Å². The summed E-state index contributed by atoms with van der Waals surface area (Å²) in [6, 6.07) is -0.347. The normalized spacial score (nSPS) is 19.0. The van der Waals surface area contributed by atoms with E-state index in [0.717, 1.165) is 4.90 Å². The van der Waals surface area contributed by atoms with E-state index in [-0.39, 0.29) is 36.9 Å². The lowest BCUT2D eigenvalue weighted by Crippen LogP contribution is -2.58. The van der Waals surface area contributed by atoms with Gasteiger partial charge in [-0.2, -0.15) is 0 Å². The molecule has 0 aromatic carbocycles. The lowest BCUT2D eigenvalue weighted by atomic mass is 9.85. The topological polar surface area (TPSA) is 107 Å². The molecule has 0 bridgehead atoms. The van der Waals surface area contributed by atoms with Crippen LogP contribution in [0.5, 0.6) is 0 Å². The van der Waals surface area contributed by atoms with Gasteiger partial charge in [0, 0.05) is 19.6 Å². The molecule has 1 N–H and O–H groups in total. The summed E-state index contributed by atoms with van der Waals surface area (Å²) in [6.45, 7) is 8.50. The zero-order valence-corrected chi connectivity index (χ0v) is 17.5. The van der Waals surface area contributed by atoms with Crippen molar-refractivity contribution in [3.8, 4) is 0 Å². The van der Waals surface area contributed by atoms with Gasteiger partial charge in [0.05, 0.1) is 30.1 Å². The smallest absolute Gasteiger partial charge is 0.327 e. The Hall–Kier alpha value is -2.55. The first-order chi connectivity index (χ1) is 13.7. The van der Waals surface area contributed by atoms with Crippen LogP contribution in [0.4, 0.5) is 4.79 Å². The molecule has 0 unspecified atom stereocenters. The van der Waals surface area contributed by atoms with Crippen molar-refractivity contribution in [2.75, 3.05) is 32.8 Å². The minimum atomic E-state index is -0.940. The minimum absolute atomic E-state index is 0.00357. The maximum absolute atomic E-state index is 13.2. The number of amides is 4. The molecule has 1 aromatic heterocycles. The number of piperidine rings is 1. The highest BCUT2D eigenvalue weighted by Crippen LogP contribution is 2.38. The summed E-state index contributed by atoms with van der Waals surface area (Å²) in [5.74, 6) is -0.210. The van der Waals surface area contributed by atoms with Gasteiger partial charge in [-0.3, -0.25) is 14.5 Å². The van der Waals surface area contributed by atoms with E-state index in [9.17, 15) is 19.5 Å². The summed E-state index contributed by atoms with van der Waals surface area (Å²) in [5.41, 5.74) is 0.819. The van der Waals surface area contributed by atoms with E-state index in [0.29, 0.717) is 49.4 Å². The molecule has 3 heterocycles. The quantitative estimate of drug-likeness (QED) is 0.735. The standard InChI is InChI=1S/C20H29N5O4/c1-13(2)11-25-19(29)24(9-10-26)18(28)20(25)5-7-23(8-6-20)17(27)16-14(3)21-12-22-15(16)4/h12-13,26H,5-11H2,1-4H3. The van der Waals surface area contributed by atoms with Crippen molar-refractivity contribution in [3.63, 3.8) is 0 Å². The molecule has 0 atom stereocenters. The molecule has 2 fully saturated rings. The molecule has 1 spiro atoms. The predicted molar refractivity (Wildman–Crippen MR) is 105 cm³/mol. The molecule has 0 radical (unpaired) electrons. The number of carbonyl (C=O) groups is 3. The van der Waals surface area contributed by atoms with Crippen LogP contribution in [0.2, 0.25) is 0 Å². The maximum atomic E-state index is 13.2. The van der Waals surface area contributed by atoms with Crippen LogP contribution >= 0.6 is 0 Å². The lowest BCUT2D eigenvalue weighted by Gasteiger charge is -2.42. The van der Waals surface area contributed by atoms with Crippen molar-refractivity contribution >= 4 is 17.8 Å². The fourth-order valence-corrected chi connectivity index (χ4v) is 4.32. The number of hydrogen-bond acceptors (Lipinski definition) is 6. The highest BCUT2D eigenvalue weighted by molar-refractivity contribution is 6.07. The number of hydrogen-bond donors (Lipinski definition) is 1. The molecule has 4 amide bonds. The molecular formula is C20H29N5O4. The largest absolute Gasteiger partial charge is 0.395 e. The van der Waals surface area contributed by atoms with Crippen molar-refractivity contribution in [2.24, 2.45) is 5.92 Å². The van der Waals surface area contributed by atoms with E-state index in [2.05, 4.69) is 9.97 Å². The van der Waals surface area contributed by atoms with Crippen LogP contribution in [0.3, 0.4) is 0 Å². The summed E-state index contributed by atoms with van der Waals surface area (Å²) < 4.78 is 0. The van der Waals surface area contributed by atoms with Crippen LogP contribution < -0.4 is 0 Å². The molecule has 0 saturated carbocycles. The Balaban J connectivity index is 1.83. The van der Waals surface area contributed by atoms with Crippen LogP contribution in [0.15, 0.2) is 6.33 Å². The molecular weight excluding hydrogens is 374 g/mol. The van der Waals surface area contributed by atoms with Gasteiger partial charge in [-0.15, -0.1) is 0 Å². The van der Waals surface area contributed by atoms with Gasteiger partial charge in [0.25, 0.3) is 11.8 Å². The second-order valence-corrected chi connectivity index (χ2v) is 8.21. The zero-order valence-electron chi connectivity index (χ0n) is 17.5. The number of imide groups is 1. The first-order valence-corrected chi connectivity index (χ1v) is 10.0. The fraction of sp³-hybridized carbons (Fsp3) is 0.650. The number of β-amino-alcohol motifs (C(OH)–C–C–N with tert-alkyl or cyclic N) is 1. The van der Waals surface area contributed by atoms with Crippen molar-refractivity contribution in [2.45, 2.75) is 46.1 Å². The van der Waals surface area contributed by atoms with E-state index < -0.39 is 5.54 Å². The Bertz CT molecular complexity index is 797. The average Bonchev–Trinajstić information content (AvgIpc) is 2.85. The molecule has 1 aromatic rings. The van der Waals surface area contributed by atoms with Gasteiger partial charge in [-0.25, -0.2) is 14.8 Å². The molecule has 3 rings (SSSR count). The highest BCUT2D eigenvalue weighted by atomic mass is 16.3. The van der Waals surface area contributed by atoms with Gasteiger partial charge >= 0.3 is 6.03 Å². The third kappa shape index (κ3) is 3.59. The van der Waals surface area contributed by atoms with Gasteiger partial charge in [0.15, 0.2) is 0 Å². The second-order valence-electron chi connectivity index (χ2n) is 8.21. The molecule has 0 aliphatic carbocycles. The van der Waals surface area contributed by atoms with Crippen molar-refractivity contribution in [1.29, 1.82) is 0 Å². The molecule has 158 valence electrons. The van der Waals surface area contributed by atoms with Gasteiger partial charge in [0.2, 0.25) is 0 Å². The number of aryl methyl sites for hydroxylation is 2. The number of carbonyl (C=O) groups excluding carboxylic acids is 3. The van der Waals surface area contributed by atoms with E-state index in [1.54, 1.807) is 23.6 Å². The number of aliphatic hydroxyl groups excluding tert-OH is 1. The summed E-state index contributed by atoms with van der Waals surface area (Å²) in [6.07, 6.45) is 2.20. The number of aromatic nitrogens is 2. The van der Waals surface area contributed by atoms with E-state index in [1.165, 1.54) is 6.33 Å². The van der Waals surface area contributed by atoms with Gasteiger partial charge in [-0.05, 0) is 32.6 Å². The number of urea groups is 1. The molecule has 2 saturated heterocycles. The number of likely N-dealkylation sites (tertiary alicyclic amines) is 1. The lowest BCUT2D eigenvalue weighted by molar-refractivity contribution is -0.135. The highest BCUT2D eigenvalue weighted by Gasteiger charge is 2.58. The van der Waals surface area contributed by atoms with Crippen LogP contribution in [0.25, 0.3) is 0 Å². The fourth-order valence-electron chi connectivity index (χ4n) is 4.32. The van der Waals surface area contributed by atoms with Gasteiger partial charge < -0.3 is 14.9 Å². The molecule has 2 aliphatic heterocycles. The Morgan fingerprint density at radius 3 is 2.28 bits per heavy atom. The van der Waals surface area contributed by atoms with Crippen LogP contribution in [-0.4, -0.2) is 85.9 Å². The van der Waals surface area contributed by atoms with E-state index in [4.69, 9.17) is 0 Å². The third-order valence-corrected chi connectivity index (χ3v) is 5.81. The van der Waals surface area contributed by atoms with Crippen molar-refractivity contribution in [1.82, 2.24) is 24.7 Å². The minimum Gasteiger partial charge on any atom is -0.395 e. The van der Waals surface area contributed by atoms with Gasteiger partial charge in [0.1, 0.15) is 11.9 Å². The third-order valence-electron chi connectivity index (χ3n) is 5.81. The molecule has 9 nitrogen and oxygen atoms in total. The maximum Gasteiger partial charge on any atom is 0.327 e. The van der Waals surface area contributed by atoms with Crippen molar-refractivity contribution in [3.05, 3.63) is 23.3 Å². The number of aliphatic hydroxyl groups is 1. The predicted octanol–water partition coefficient (Wildman–Crippen LogP) is 0.981. The van der Waals surface area contributed by atoms with Crippen LogP contribution in [0, 0.1) is 19.8 Å². The Kier molecular flexibility index (Phi) is 5.88. The molecule has 2 aliphatic rings. The Morgan fingerprint density at radius 1 is 1.17 bits per heavy atom. The van der Waals surface area contributed by atoms with Crippen LogP contribution in [-0.2, 0) is 4.79 Å². The number of rotatable bonds is 5. The second kappa shape index (κ2) is 8.06. The summed E-state index contributed by atoms with van der Waals surface area (Å²) in [4.78, 5) is 51.8. The Labute approximate surface area is 170 Å². The monoisotopic (exact) mass is 403 g/mol. The van der Waals surface area contributed by atoms with E-state index in [1.807, 2.05) is 13.8 Å². The summed E-state index contributed by atoms with van der Waals surface area (Å²) >= 11 is 0. The summed E-state index contributed by atoms with van der Waals surface area (Å²) in [7, 11) is 0. The van der Waals surface area contributed by atoms with Crippen LogP contribution in [0.1, 0.15) is 48.4 Å².